The minimum Gasteiger partial charge on any atom is -0.330 e. The van der Waals surface area contributed by atoms with Gasteiger partial charge < -0.3 is 16.0 Å². The minimum absolute atomic E-state index is 0.0279. The number of carbonyl (C=O) groups excluding carboxylic acids is 2. The molecule has 0 aliphatic carbocycles. The Labute approximate surface area is 119 Å². The Morgan fingerprint density at radius 3 is 2.85 bits per heavy atom. The first kappa shape index (κ1) is 14.5. The first-order valence-electron chi connectivity index (χ1n) is 7.03. The molecule has 108 valence electrons. The number of anilines is 2. The van der Waals surface area contributed by atoms with Crippen molar-refractivity contribution in [1.29, 1.82) is 0 Å². The summed E-state index contributed by atoms with van der Waals surface area (Å²) in [6.45, 7) is 3.25. The van der Waals surface area contributed by atoms with Crippen molar-refractivity contribution in [1.82, 2.24) is 0 Å². The molecule has 5 nitrogen and oxygen atoms in total. The number of rotatable bonds is 5. The molecule has 3 N–H and O–H groups in total. The van der Waals surface area contributed by atoms with Gasteiger partial charge in [0.05, 0.1) is 0 Å². The zero-order chi connectivity index (χ0) is 14.5. The summed E-state index contributed by atoms with van der Waals surface area (Å²) in [7, 11) is 0. The Balaban J connectivity index is 2.06. The van der Waals surface area contributed by atoms with E-state index in [1.54, 1.807) is 0 Å². The Morgan fingerprint density at radius 2 is 2.25 bits per heavy atom. The van der Waals surface area contributed by atoms with Gasteiger partial charge in [0.1, 0.15) is 0 Å². The van der Waals surface area contributed by atoms with Crippen LogP contribution < -0.4 is 16.0 Å². The van der Waals surface area contributed by atoms with Crippen LogP contribution in [0.25, 0.3) is 0 Å². The molecule has 0 spiro atoms. The fraction of sp³-hybridized carbons (Fsp3) is 0.467. The van der Waals surface area contributed by atoms with E-state index in [-0.39, 0.29) is 11.8 Å². The van der Waals surface area contributed by atoms with Gasteiger partial charge in [-0.15, -0.1) is 0 Å². The Kier molecular flexibility index (Phi) is 4.74. The molecule has 0 bridgehead atoms. The molecule has 2 rings (SSSR count). The number of benzene rings is 1. The van der Waals surface area contributed by atoms with Crippen LogP contribution in [-0.2, 0) is 9.59 Å². The van der Waals surface area contributed by atoms with Crippen molar-refractivity contribution in [2.75, 3.05) is 23.3 Å². The van der Waals surface area contributed by atoms with Gasteiger partial charge in [0.15, 0.2) is 0 Å². The van der Waals surface area contributed by atoms with Gasteiger partial charge in [-0.25, -0.2) is 0 Å². The molecule has 2 amide bonds. The Hall–Kier alpha value is -1.88. The van der Waals surface area contributed by atoms with E-state index in [9.17, 15) is 9.59 Å². The highest BCUT2D eigenvalue weighted by atomic mass is 16.2. The lowest BCUT2D eigenvalue weighted by Crippen LogP contribution is -2.24. The number of hydrogen-bond acceptors (Lipinski definition) is 3. The zero-order valence-electron chi connectivity index (χ0n) is 11.8. The highest BCUT2D eigenvalue weighted by Crippen LogP contribution is 2.27. The third kappa shape index (κ3) is 3.36. The lowest BCUT2D eigenvalue weighted by molar-refractivity contribution is -0.117. The summed E-state index contributed by atoms with van der Waals surface area (Å²) in [6.07, 6.45) is 2.65. The maximum Gasteiger partial charge on any atom is 0.227 e. The van der Waals surface area contributed by atoms with Crippen LogP contribution in [0, 0.1) is 6.92 Å². The number of amides is 2. The molecule has 5 heteroatoms. The average molecular weight is 275 g/mol. The summed E-state index contributed by atoms with van der Waals surface area (Å²) < 4.78 is 0. The molecule has 0 aromatic heterocycles. The van der Waals surface area contributed by atoms with Gasteiger partial charge in [-0.1, -0.05) is 0 Å². The van der Waals surface area contributed by atoms with E-state index in [0.29, 0.717) is 25.8 Å². The maximum absolute atomic E-state index is 11.8. The smallest absolute Gasteiger partial charge is 0.227 e. The predicted molar refractivity (Wildman–Crippen MR) is 79.7 cm³/mol. The predicted octanol–water partition coefficient (Wildman–Crippen LogP) is 1.80. The van der Waals surface area contributed by atoms with E-state index >= 15 is 0 Å². The minimum atomic E-state index is -0.0279. The number of carbonyl (C=O) groups is 2. The quantitative estimate of drug-likeness (QED) is 0.860. The molecule has 1 heterocycles. The Morgan fingerprint density at radius 1 is 1.45 bits per heavy atom. The van der Waals surface area contributed by atoms with Crippen molar-refractivity contribution in [2.24, 2.45) is 5.73 Å². The van der Waals surface area contributed by atoms with E-state index in [1.165, 1.54) is 0 Å². The zero-order valence-corrected chi connectivity index (χ0v) is 11.8. The van der Waals surface area contributed by atoms with Crippen LogP contribution in [0.4, 0.5) is 11.4 Å². The number of nitrogens with one attached hydrogen (secondary N) is 1. The molecule has 0 radical (unpaired) electrons. The maximum atomic E-state index is 11.8. The van der Waals surface area contributed by atoms with Gasteiger partial charge in [-0.3, -0.25) is 9.59 Å². The summed E-state index contributed by atoms with van der Waals surface area (Å²) in [4.78, 5) is 25.2. The van der Waals surface area contributed by atoms with E-state index in [0.717, 1.165) is 29.9 Å². The molecular formula is C15H21N3O2. The van der Waals surface area contributed by atoms with Crippen LogP contribution in [0.2, 0.25) is 0 Å². The summed E-state index contributed by atoms with van der Waals surface area (Å²) >= 11 is 0. The van der Waals surface area contributed by atoms with Gasteiger partial charge in [0.25, 0.3) is 0 Å². The molecule has 0 saturated carbocycles. The van der Waals surface area contributed by atoms with Crippen molar-refractivity contribution in [3.8, 4) is 0 Å². The van der Waals surface area contributed by atoms with Gasteiger partial charge in [-0.05, 0) is 50.1 Å². The number of aryl methyl sites for hydroxylation is 1. The van der Waals surface area contributed by atoms with Gasteiger partial charge in [0, 0.05) is 30.8 Å². The van der Waals surface area contributed by atoms with Crippen LogP contribution in [0.15, 0.2) is 18.2 Å². The molecule has 1 aromatic carbocycles. The summed E-state index contributed by atoms with van der Waals surface area (Å²) in [5, 5.41) is 2.85. The standard InChI is InChI=1S/C15H21N3O2/c1-11-10-12(17-14(19)4-2-8-16)6-7-13(11)18-9-3-5-15(18)20/h6-7,10H,2-5,8-9,16H2,1H3,(H,17,19). The lowest BCUT2D eigenvalue weighted by Gasteiger charge is -2.19. The van der Waals surface area contributed by atoms with E-state index < -0.39 is 0 Å². The topological polar surface area (TPSA) is 75.4 Å². The van der Waals surface area contributed by atoms with Gasteiger partial charge in [0.2, 0.25) is 11.8 Å². The van der Waals surface area contributed by atoms with Crippen LogP contribution in [0.3, 0.4) is 0 Å². The molecule has 20 heavy (non-hydrogen) atoms. The second-order valence-corrected chi connectivity index (χ2v) is 5.09. The molecule has 1 fully saturated rings. The Bertz CT molecular complexity index is 514. The van der Waals surface area contributed by atoms with Crippen LogP contribution in [0.5, 0.6) is 0 Å². The fourth-order valence-electron chi connectivity index (χ4n) is 2.43. The highest BCUT2D eigenvalue weighted by Gasteiger charge is 2.22. The molecular weight excluding hydrogens is 254 g/mol. The van der Waals surface area contributed by atoms with E-state index in [1.807, 2.05) is 30.0 Å². The second kappa shape index (κ2) is 6.52. The second-order valence-electron chi connectivity index (χ2n) is 5.09. The van der Waals surface area contributed by atoms with Crippen molar-refractivity contribution in [2.45, 2.75) is 32.6 Å². The molecule has 1 aliphatic rings. The van der Waals surface area contributed by atoms with Gasteiger partial charge >= 0.3 is 0 Å². The van der Waals surface area contributed by atoms with Crippen molar-refractivity contribution in [3.05, 3.63) is 23.8 Å². The summed E-state index contributed by atoms with van der Waals surface area (Å²) in [6, 6.07) is 5.65. The molecule has 0 atom stereocenters. The van der Waals surface area contributed by atoms with Crippen molar-refractivity contribution >= 4 is 23.2 Å². The summed E-state index contributed by atoms with van der Waals surface area (Å²) in [5.74, 6) is 0.146. The normalized spacial score (nSPS) is 14.7. The average Bonchev–Trinajstić information content (AvgIpc) is 2.83. The van der Waals surface area contributed by atoms with Crippen molar-refractivity contribution < 1.29 is 9.59 Å². The highest BCUT2D eigenvalue weighted by molar-refractivity contribution is 5.97. The fourth-order valence-corrected chi connectivity index (χ4v) is 2.43. The number of hydrogen-bond donors (Lipinski definition) is 2. The van der Waals surface area contributed by atoms with Crippen LogP contribution in [-0.4, -0.2) is 24.9 Å². The first-order chi connectivity index (χ1) is 9.61. The largest absolute Gasteiger partial charge is 0.330 e. The van der Waals surface area contributed by atoms with Crippen LogP contribution in [0.1, 0.15) is 31.2 Å². The lowest BCUT2D eigenvalue weighted by atomic mass is 10.1. The third-order valence-corrected chi connectivity index (χ3v) is 3.45. The third-order valence-electron chi connectivity index (χ3n) is 3.45. The van der Waals surface area contributed by atoms with Crippen LogP contribution >= 0.6 is 0 Å². The van der Waals surface area contributed by atoms with E-state index in [4.69, 9.17) is 5.73 Å². The van der Waals surface area contributed by atoms with Crippen molar-refractivity contribution in [3.63, 3.8) is 0 Å². The van der Waals surface area contributed by atoms with E-state index in [2.05, 4.69) is 5.32 Å². The van der Waals surface area contributed by atoms with Gasteiger partial charge in [-0.2, -0.15) is 0 Å². The molecule has 1 saturated heterocycles. The number of nitrogens with two attached hydrogens (primary N) is 1. The SMILES string of the molecule is Cc1cc(NC(=O)CCCN)ccc1N1CCCC1=O. The molecule has 0 unspecified atom stereocenters. The molecule has 1 aromatic rings. The first-order valence-corrected chi connectivity index (χ1v) is 7.03. The monoisotopic (exact) mass is 275 g/mol. The summed E-state index contributed by atoms with van der Waals surface area (Å²) in [5.41, 5.74) is 8.08. The molecule has 1 aliphatic heterocycles. The number of nitrogens with zero attached hydrogens (tertiary/aromatic N) is 1.